The second kappa shape index (κ2) is 4.90. The summed E-state index contributed by atoms with van der Waals surface area (Å²) in [4.78, 5) is 4.99. The maximum Gasteiger partial charge on any atom is 0.243 e. The maximum absolute atomic E-state index is 13.6. The van der Waals surface area contributed by atoms with Gasteiger partial charge in [0.15, 0.2) is 16.5 Å². The highest BCUT2D eigenvalue weighted by Gasteiger charge is 2.17. The predicted molar refractivity (Wildman–Crippen MR) is 72.1 cm³/mol. The molecule has 3 aromatic rings. The van der Waals surface area contributed by atoms with Crippen LogP contribution < -0.4 is 4.74 Å². The molecule has 3 nitrogen and oxygen atoms in total. The summed E-state index contributed by atoms with van der Waals surface area (Å²) in [6, 6.07) is 3.79. The molecule has 3 rings (SSSR count). The van der Waals surface area contributed by atoms with Crippen LogP contribution in [0.25, 0.3) is 4.96 Å². The van der Waals surface area contributed by atoms with Crippen LogP contribution in [-0.2, 0) is 5.33 Å². The molecular formula is C12H7BrF2N2OS. The molecule has 0 saturated carbocycles. The number of imidazole rings is 1. The molecule has 1 aromatic carbocycles. The van der Waals surface area contributed by atoms with Crippen LogP contribution in [0.3, 0.4) is 0 Å². The summed E-state index contributed by atoms with van der Waals surface area (Å²) in [7, 11) is 0. The van der Waals surface area contributed by atoms with E-state index in [0.29, 0.717) is 5.33 Å². The lowest BCUT2D eigenvalue weighted by Gasteiger charge is -2.05. The summed E-state index contributed by atoms with van der Waals surface area (Å²) >= 11 is 4.77. The van der Waals surface area contributed by atoms with E-state index in [1.807, 2.05) is 16.0 Å². The Morgan fingerprint density at radius 3 is 3.00 bits per heavy atom. The van der Waals surface area contributed by atoms with Gasteiger partial charge in [-0.1, -0.05) is 22.0 Å². The molecule has 2 heterocycles. The van der Waals surface area contributed by atoms with Crippen LogP contribution in [0, 0.1) is 11.6 Å². The standard InChI is InChI=1S/C12H7BrF2N2OS/c13-6-8-11(16-12-17(8)4-5-19-12)18-9-3-1-2-7(14)10(9)15/h1-5H,6H2. The third-order valence-electron chi connectivity index (χ3n) is 2.57. The average Bonchev–Trinajstić information content (AvgIpc) is 2.95. The Bertz CT molecular complexity index is 740. The number of nitrogens with zero attached hydrogens (tertiary/aromatic N) is 2. The number of aromatic nitrogens is 2. The Balaban J connectivity index is 2.05. The fourth-order valence-electron chi connectivity index (χ4n) is 1.68. The Morgan fingerprint density at radius 2 is 2.21 bits per heavy atom. The van der Waals surface area contributed by atoms with Gasteiger partial charge in [-0.25, -0.2) is 4.39 Å². The molecule has 0 unspecified atom stereocenters. The molecule has 0 aliphatic rings. The zero-order valence-corrected chi connectivity index (χ0v) is 11.8. The lowest BCUT2D eigenvalue weighted by atomic mass is 10.3. The van der Waals surface area contributed by atoms with Gasteiger partial charge in [-0.2, -0.15) is 9.37 Å². The summed E-state index contributed by atoms with van der Waals surface area (Å²) < 4.78 is 33.9. The van der Waals surface area contributed by atoms with E-state index in [2.05, 4.69) is 20.9 Å². The molecule has 0 atom stereocenters. The first-order valence-electron chi connectivity index (χ1n) is 5.33. The average molecular weight is 345 g/mol. The van der Waals surface area contributed by atoms with E-state index in [4.69, 9.17) is 4.74 Å². The molecule has 19 heavy (non-hydrogen) atoms. The molecule has 98 valence electrons. The third kappa shape index (κ3) is 2.12. The summed E-state index contributed by atoms with van der Waals surface area (Å²) in [5, 5.41) is 2.39. The van der Waals surface area contributed by atoms with Gasteiger partial charge in [-0.3, -0.25) is 4.40 Å². The number of benzene rings is 1. The Labute approximate surface area is 119 Å². The van der Waals surface area contributed by atoms with Crippen molar-refractivity contribution in [2.24, 2.45) is 0 Å². The van der Waals surface area contributed by atoms with Crippen molar-refractivity contribution in [3.05, 3.63) is 47.1 Å². The van der Waals surface area contributed by atoms with Gasteiger partial charge < -0.3 is 4.74 Å². The highest BCUT2D eigenvalue weighted by molar-refractivity contribution is 9.08. The Hall–Kier alpha value is -1.47. The van der Waals surface area contributed by atoms with Gasteiger partial charge in [0.1, 0.15) is 0 Å². The largest absolute Gasteiger partial charge is 0.434 e. The number of ether oxygens (including phenoxy) is 1. The van der Waals surface area contributed by atoms with Crippen LogP contribution >= 0.6 is 27.3 Å². The van der Waals surface area contributed by atoms with Crippen LogP contribution in [0.4, 0.5) is 8.78 Å². The van der Waals surface area contributed by atoms with Crippen LogP contribution in [0.15, 0.2) is 29.8 Å². The first kappa shape index (κ1) is 12.6. The molecular weight excluding hydrogens is 338 g/mol. The molecule has 0 aliphatic carbocycles. The quantitative estimate of drug-likeness (QED) is 0.660. The van der Waals surface area contributed by atoms with Crippen molar-refractivity contribution in [3.8, 4) is 11.6 Å². The highest BCUT2D eigenvalue weighted by Crippen LogP contribution is 2.31. The zero-order valence-electron chi connectivity index (χ0n) is 9.44. The smallest absolute Gasteiger partial charge is 0.243 e. The third-order valence-corrected chi connectivity index (χ3v) is 3.86. The van der Waals surface area contributed by atoms with Crippen LogP contribution in [0.1, 0.15) is 5.69 Å². The first-order valence-corrected chi connectivity index (χ1v) is 7.33. The molecule has 0 fully saturated rings. The topological polar surface area (TPSA) is 26.5 Å². The summed E-state index contributed by atoms with van der Waals surface area (Å²) in [6.07, 6.45) is 1.85. The molecule has 0 aliphatic heterocycles. The van der Waals surface area contributed by atoms with E-state index in [-0.39, 0.29) is 11.6 Å². The minimum atomic E-state index is -1.01. The van der Waals surface area contributed by atoms with Crippen LogP contribution in [-0.4, -0.2) is 9.38 Å². The molecule has 7 heteroatoms. The van der Waals surface area contributed by atoms with Crippen molar-refractivity contribution in [2.75, 3.05) is 0 Å². The van der Waals surface area contributed by atoms with E-state index in [9.17, 15) is 8.78 Å². The molecule has 0 saturated heterocycles. The van der Waals surface area contributed by atoms with E-state index >= 15 is 0 Å². The number of hydrogen-bond donors (Lipinski definition) is 0. The van der Waals surface area contributed by atoms with Gasteiger partial charge in [0, 0.05) is 16.9 Å². The van der Waals surface area contributed by atoms with Crippen LogP contribution in [0.5, 0.6) is 11.6 Å². The van der Waals surface area contributed by atoms with Gasteiger partial charge >= 0.3 is 0 Å². The second-order valence-electron chi connectivity index (χ2n) is 3.71. The molecule has 2 aromatic heterocycles. The van der Waals surface area contributed by atoms with Crippen LogP contribution in [0.2, 0.25) is 0 Å². The van der Waals surface area contributed by atoms with Gasteiger partial charge in [0.25, 0.3) is 0 Å². The fourth-order valence-corrected chi connectivity index (χ4v) is 2.92. The van der Waals surface area contributed by atoms with Gasteiger partial charge in [0.05, 0.1) is 5.69 Å². The summed E-state index contributed by atoms with van der Waals surface area (Å²) in [5.41, 5.74) is 0.750. The fraction of sp³-hybridized carbons (Fsp3) is 0.0833. The highest BCUT2D eigenvalue weighted by atomic mass is 79.9. The van der Waals surface area contributed by atoms with E-state index in [0.717, 1.165) is 16.7 Å². The molecule has 0 spiro atoms. The lowest BCUT2D eigenvalue weighted by molar-refractivity contribution is 0.405. The normalized spacial score (nSPS) is 11.1. The summed E-state index contributed by atoms with van der Waals surface area (Å²) in [6.45, 7) is 0. The Morgan fingerprint density at radius 1 is 1.37 bits per heavy atom. The Kier molecular flexibility index (Phi) is 3.24. The number of halogens is 3. The number of hydrogen-bond acceptors (Lipinski definition) is 3. The van der Waals surface area contributed by atoms with Crippen molar-refractivity contribution in [1.82, 2.24) is 9.38 Å². The first-order chi connectivity index (χ1) is 9.20. The minimum Gasteiger partial charge on any atom is -0.434 e. The monoisotopic (exact) mass is 344 g/mol. The van der Waals surface area contributed by atoms with E-state index in [1.54, 1.807) is 0 Å². The molecule has 0 radical (unpaired) electrons. The zero-order chi connectivity index (χ0) is 13.4. The predicted octanol–water partition coefficient (Wildman–Crippen LogP) is 4.36. The van der Waals surface area contributed by atoms with E-state index < -0.39 is 11.6 Å². The number of rotatable bonds is 3. The van der Waals surface area contributed by atoms with Gasteiger partial charge in [0.2, 0.25) is 11.7 Å². The van der Waals surface area contributed by atoms with Crippen molar-refractivity contribution in [2.45, 2.75) is 5.33 Å². The van der Waals surface area contributed by atoms with E-state index in [1.165, 1.54) is 23.5 Å². The second-order valence-corrected chi connectivity index (χ2v) is 5.14. The number of fused-ring (bicyclic) bond motifs is 1. The minimum absolute atomic E-state index is 0.173. The lowest BCUT2D eigenvalue weighted by Crippen LogP contribution is -1.94. The van der Waals surface area contributed by atoms with Crippen molar-refractivity contribution in [3.63, 3.8) is 0 Å². The van der Waals surface area contributed by atoms with Gasteiger partial charge in [-0.05, 0) is 12.1 Å². The number of alkyl halides is 1. The van der Waals surface area contributed by atoms with Crippen molar-refractivity contribution < 1.29 is 13.5 Å². The maximum atomic E-state index is 13.6. The molecule has 0 bridgehead atoms. The van der Waals surface area contributed by atoms with Crippen molar-refractivity contribution >= 4 is 32.2 Å². The molecule has 0 amide bonds. The summed E-state index contributed by atoms with van der Waals surface area (Å²) in [5.74, 6) is -1.86. The molecule has 0 N–H and O–H groups in total. The number of thiazole rings is 1. The van der Waals surface area contributed by atoms with Crippen molar-refractivity contribution in [1.29, 1.82) is 0 Å². The SMILES string of the molecule is Fc1cccc(Oc2nc3sccn3c2CBr)c1F. The van der Waals surface area contributed by atoms with Gasteiger partial charge in [-0.15, -0.1) is 11.3 Å².